The Bertz CT molecular complexity index is 855. The van der Waals surface area contributed by atoms with E-state index in [1.54, 1.807) is 0 Å². The van der Waals surface area contributed by atoms with Gasteiger partial charge in [0.25, 0.3) is 0 Å². The van der Waals surface area contributed by atoms with Gasteiger partial charge in [0, 0.05) is 6.54 Å². The molecule has 134 valence electrons. The van der Waals surface area contributed by atoms with Gasteiger partial charge in [0.05, 0.1) is 11.4 Å². The van der Waals surface area contributed by atoms with Crippen LogP contribution in [-0.4, -0.2) is 28.4 Å². The fraction of sp³-hybridized carbons (Fsp3) is 0.167. The number of hydrogen-bond donors (Lipinski definition) is 2. The van der Waals surface area contributed by atoms with Crippen LogP contribution in [0.2, 0.25) is 0 Å². The van der Waals surface area contributed by atoms with Crippen LogP contribution in [0.5, 0.6) is 11.5 Å². The summed E-state index contributed by atoms with van der Waals surface area (Å²) in [5, 5.41) is 14.8. The molecule has 0 aliphatic carbocycles. The van der Waals surface area contributed by atoms with Crippen LogP contribution in [0.3, 0.4) is 0 Å². The highest BCUT2D eigenvalue weighted by molar-refractivity contribution is 8.01. The monoisotopic (exact) mass is 386 g/mol. The number of para-hydroxylation sites is 3. The normalized spacial score (nSPS) is 10.3. The van der Waals surface area contributed by atoms with Crippen molar-refractivity contribution in [1.82, 2.24) is 10.2 Å². The van der Waals surface area contributed by atoms with Gasteiger partial charge in [-0.1, -0.05) is 53.4 Å². The largest absolute Gasteiger partial charge is 0.455 e. The van der Waals surface area contributed by atoms with Gasteiger partial charge in [-0.25, -0.2) is 0 Å². The molecule has 0 spiro atoms. The quantitative estimate of drug-likeness (QED) is 0.556. The molecular formula is C18H18N4O2S2. The molecule has 26 heavy (non-hydrogen) atoms. The number of nitrogens with one attached hydrogen (secondary N) is 2. The number of thioether (sulfide) groups is 1. The number of carbonyl (C=O) groups excluding carboxylic acids is 1. The van der Waals surface area contributed by atoms with Crippen LogP contribution >= 0.6 is 23.1 Å². The van der Waals surface area contributed by atoms with E-state index in [-0.39, 0.29) is 11.7 Å². The lowest BCUT2D eigenvalue weighted by Crippen LogP contribution is -2.14. The molecule has 0 radical (unpaired) electrons. The van der Waals surface area contributed by atoms with E-state index < -0.39 is 0 Å². The van der Waals surface area contributed by atoms with Gasteiger partial charge >= 0.3 is 0 Å². The molecule has 0 bridgehead atoms. The first kappa shape index (κ1) is 18.2. The van der Waals surface area contributed by atoms with Gasteiger partial charge < -0.3 is 15.4 Å². The molecule has 2 aromatic carbocycles. The molecule has 1 aromatic heterocycles. The highest BCUT2D eigenvalue weighted by Gasteiger charge is 2.11. The minimum Gasteiger partial charge on any atom is -0.455 e. The molecule has 3 rings (SSSR count). The van der Waals surface area contributed by atoms with E-state index in [0.717, 1.165) is 16.0 Å². The summed E-state index contributed by atoms with van der Waals surface area (Å²) < 4.78 is 6.61. The Morgan fingerprint density at radius 3 is 2.69 bits per heavy atom. The molecule has 0 atom stereocenters. The van der Waals surface area contributed by atoms with Crippen molar-refractivity contribution < 1.29 is 9.53 Å². The van der Waals surface area contributed by atoms with Crippen molar-refractivity contribution in [3.8, 4) is 11.5 Å². The van der Waals surface area contributed by atoms with Crippen molar-refractivity contribution in [2.24, 2.45) is 0 Å². The zero-order chi connectivity index (χ0) is 18.2. The number of nitrogens with zero attached hydrogens (tertiary/aromatic N) is 2. The summed E-state index contributed by atoms with van der Waals surface area (Å²) in [6.07, 6.45) is 0. The summed E-state index contributed by atoms with van der Waals surface area (Å²) in [5.41, 5.74) is 0.632. The predicted octanol–water partition coefficient (Wildman–Crippen LogP) is 4.49. The maximum absolute atomic E-state index is 12.3. The van der Waals surface area contributed by atoms with E-state index in [9.17, 15) is 4.79 Å². The summed E-state index contributed by atoms with van der Waals surface area (Å²) in [5.74, 6) is 1.44. The molecule has 0 saturated heterocycles. The molecule has 3 aromatic rings. The molecule has 0 fully saturated rings. The van der Waals surface area contributed by atoms with Crippen molar-refractivity contribution in [2.75, 3.05) is 22.9 Å². The fourth-order valence-electron chi connectivity index (χ4n) is 2.08. The third kappa shape index (κ3) is 5.21. The van der Waals surface area contributed by atoms with Crippen LogP contribution < -0.4 is 15.4 Å². The third-order valence-corrected chi connectivity index (χ3v) is 5.21. The van der Waals surface area contributed by atoms with E-state index >= 15 is 0 Å². The van der Waals surface area contributed by atoms with Crippen LogP contribution in [0.15, 0.2) is 58.9 Å². The second-order valence-electron chi connectivity index (χ2n) is 5.15. The lowest BCUT2D eigenvalue weighted by Gasteiger charge is -2.11. The van der Waals surface area contributed by atoms with Crippen LogP contribution in [-0.2, 0) is 4.79 Å². The van der Waals surface area contributed by atoms with Crippen molar-refractivity contribution in [3.05, 3.63) is 54.6 Å². The molecule has 0 aliphatic rings. The van der Waals surface area contributed by atoms with Crippen molar-refractivity contribution in [1.29, 1.82) is 0 Å². The standard InChI is InChI=1S/C18H18N4O2S2/c1-2-19-17-21-22-18(26-17)25-12-16(23)20-14-10-6-7-11-15(14)24-13-8-4-3-5-9-13/h3-11H,2,12H2,1H3,(H,19,21)(H,20,23). The van der Waals surface area contributed by atoms with Crippen LogP contribution in [0, 0.1) is 0 Å². The summed E-state index contributed by atoms with van der Waals surface area (Å²) in [6, 6.07) is 16.8. The first-order valence-electron chi connectivity index (χ1n) is 8.06. The maximum atomic E-state index is 12.3. The smallest absolute Gasteiger partial charge is 0.234 e. The van der Waals surface area contributed by atoms with Crippen molar-refractivity contribution >= 4 is 39.8 Å². The average molecular weight is 387 g/mol. The van der Waals surface area contributed by atoms with Crippen LogP contribution in [0.1, 0.15) is 6.92 Å². The van der Waals surface area contributed by atoms with Crippen LogP contribution in [0.25, 0.3) is 0 Å². The lowest BCUT2D eigenvalue weighted by atomic mass is 10.3. The molecular weight excluding hydrogens is 368 g/mol. The minimum atomic E-state index is -0.126. The topological polar surface area (TPSA) is 76.1 Å². The molecule has 0 saturated carbocycles. The molecule has 0 aliphatic heterocycles. The Hall–Kier alpha value is -2.58. The summed E-state index contributed by atoms with van der Waals surface area (Å²) in [4.78, 5) is 12.3. The number of amides is 1. The lowest BCUT2D eigenvalue weighted by molar-refractivity contribution is -0.113. The van der Waals surface area contributed by atoms with E-state index in [4.69, 9.17) is 4.74 Å². The summed E-state index contributed by atoms with van der Waals surface area (Å²) >= 11 is 2.79. The molecule has 6 nitrogen and oxygen atoms in total. The molecule has 1 amide bonds. The Labute approximate surface area is 160 Å². The Kier molecular flexibility index (Phi) is 6.45. The number of benzene rings is 2. The van der Waals surface area contributed by atoms with Gasteiger partial charge in [-0.2, -0.15) is 0 Å². The highest BCUT2D eigenvalue weighted by atomic mass is 32.2. The van der Waals surface area contributed by atoms with Crippen molar-refractivity contribution in [2.45, 2.75) is 11.3 Å². The highest BCUT2D eigenvalue weighted by Crippen LogP contribution is 2.30. The predicted molar refractivity (Wildman–Crippen MR) is 106 cm³/mol. The number of aromatic nitrogens is 2. The Balaban J connectivity index is 1.58. The number of carbonyl (C=O) groups is 1. The second kappa shape index (κ2) is 9.21. The van der Waals surface area contributed by atoms with Gasteiger partial charge in [0.1, 0.15) is 5.75 Å². The average Bonchev–Trinajstić information content (AvgIpc) is 3.10. The number of hydrogen-bond acceptors (Lipinski definition) is 7. The maximum Gasteiger partial charge on any atom is 0.234 e. The SMILES string of the molecule is CCNc1nnc(SCC(=O)Nc2ccccc2Oc2ccccc2)s1. The summed E-state index contributed by atoms with van der Waals surface area (Å²) in [6.45, 7) is 2.79. The molecule has 1 heterocycles. The van der Waals surface area contributed by atoms with Gasteiger partial charge in [-0.15, -0.1) is 10.2 Å². The van der Waals surface area contributed by atoms with Gasteiger partial charge in [0.2, 0.25) is 11.0 Å². The van der Waals surface area contributed by atoms with Crippen molar-refractivity contribution in [3.63, 3.8) is 0 Å². The van der Waals surface area contributed by atoms with Gasteiger partial charge in [0.15, 0.2) is 10.1 Å². The summed E-state index contributed by atoms with van der Waals surface area (Å²) in [7, 11) is 0. The van der Waals surface area contributed by atoms with E-state index in [1.165, 1.54) is 23.1 Å². The zero-order valence-corrected chi connectivity index (χ0v) is 15.8. The van der Waals surface area contributed by atoms with Gasteiger partial charge in [-0.05, 0) is 31.2 Å². The van der Waals surface area contributed by atoms with E-state index in [2.05, 4.69) is 20.8 Å². The Morgan fingerprint density at radius 2 is 1.88 bits per heavy atom. The zero-order valence-electron chi connectivity index (χ0n) is 14.1. The number of ether oxygens (including phenoxy) is 1. The first-order valence-corrected chi connectivity index (χ1v) is 9.86. The second-order valence-corrected chi connectivity index (χ2v) is 7.35. The first-order chi connectivity index (χ1) is 12.7. The molecule has 2 N–H and O–H groups in total. The Morgan fingerprint density at radius 1 is 1.12 bits per heavy atom. The van der Waals surface area contributed by atoms with E-state index in [1.807, 2.05) is 61.5 Å². The number of anilines is 2. The third-order valence-electron chi connectivity index (χ3n) is 3.19. The van der Waals surface area contributed by atoms with E-state index in [0.29, 0.717) is 17.2 Å². The van der Waals surface area contributed by atoms with Gasteiger partial charge in [-0.3, -0.25) is 4.79 Å². The molecule has 0 unspecified atom stereocenters. The van der Waals surface area contributed by atoms with Crippen LogP contribution in [0.4, 0.5) is 10.8 Å². The fourth-order valence-corrected chi connectivity index (χ4v) is 3.70. The molecule has 8 heteroatoms. The minimum absolute atomic E-state index is 0.126. The number of rotatable bonds is 8.